The third-order valence-electron chi connectivity index (χ3n) is 3.77. The summed E-state index contributed by atoms with van der Waals surface area (Å²) in [5, 5.41) is 10.2. The summed E-state index contributed by atoms with van der Waals surface area (Å²) in [6, 6.07) is 11.1. The predicted molar refractivity (Wildman–Crippen MR) is 88.0 cm³/mol. The lowest BCUT2D eigenvalue weighted by Gasteiger charge is -2.18. The number of hydrogen-bond acceptors (Lipinski definition) is 2. The van der Waals surface area contributed by atoms with Gasteiger partial charge in [0.25, 0.3) is 0 Å². The van der Waals surface area contributed by atoms with Crippen molar-refractivity contribution in [3.8, 4) is 5.75 Å². The van der Waals surface area contributed by atoms with Crippen LogP contribution >= 0.6 is 11.6 Å². The first kappa shape index (κ1) is 16.4. The third-order valence-corrected chi connectivity index (χ3v) is 4.01. The molecule has 0 radical (unpaired) electrons. The minimum Gasteiger partial charge on any atom is -0.496 e. The van der Waals surface area contributed by atoms with Gasteiger partial charge in [0.05, 0.1) is 13.0 Å². The zero-order valence-electron chi connectivity index (χ0n) is 12.9. The Bertz CT molecular complexity index is 695. The highest BCUT2D eigenvalue weighted by molar-refractivity contribution is 6.30. The molecule has 0 amide bonds. The van der Waals surface area contributed by atoms with Gasteiger partial charge in [-0.05, 0) is 55.2 Å². The summed E-state index contributed by atoms with van der Waals surface area (Å²) in [5.74, 6) is -0.830. The molecule has 22 heavy (non-hydrogen) atoms. The lowest BCUT2D eigenvalue weighted by Crippen LogP contribution is -2.16. The first-order valence-electron chi connectivity index (χ1n) is 7.04. The average Bonchev–Trinajstić information content (AvgIpc) is 2.47. The van der Waals surface area contributed by atoms with E-state index >= 15 is 0 Å². The number of carboxylic acid groups (broad SMARTS) is 1. The van der Waals surface area contributed by atoms with Crippen LogP contribution in [0.1, 0.15) is 28.2 Å². The van der Waals surface area contributed by atoms with E-state index in [0.29, 0.717) is 17.2 Å². The second-order valence-corrected chi connectivity index (χ2v) is 5.85. The molecule has 1 unspecified atom stereocenters. The number of aryl methyl sites for hydroxylation is 2. The number of ether oxygens (including phenoxy) is 1. The molecule has 0 aliphatic carbocycles. The van der Waals surface area contributed by atoms with Crippen LogP contribution in [0.3, 0.4) is 0 Å². The monoisotopic (exact) mass is 318 g/mol. The molecule has 1 N–H and O–H groups in total. The van der Waals surface area contributed by atoms with Crippen molar-refractivity contribution in [1.29, 1.82) is 0 Å². The predicted octanol–water partition coefficient (Wildman–Crippen LogP) is 4.38. The minimum absolute atomic E-state index is 0.337. The van der Waals surface area contributed by atoms with Gasteiger partial charge in [0, 0.05) is 5.02 Å². The van der Waals surface area contributed by atoms with Gasteiger partial charge in [0.15, 0.2) is 0 Å². The maximum absolute atomic E-state index is 11.8. The Morgan fingerprint density at radius 1 is 1.23 bits per heavy atom. The molecule has 0 aliphatic rings. The largest absolute Gasteiger partial charge is 0.496 e. The van der Waals surface area contributed by atoms with Gasteiger partial charge in [0.1, 0.15) is 5.75 Å². The highest BCUT2D eigenvalue weighted by atomic mass is 35.5. The van der Waals surface area contributed by atoms with Crippen LogP contribution in [-0.4, -0.2) is 18.2 Å². The van der Waals surface area contributed by atoms with E-state index in [9.17, 15) is 9.90 Å². The van der Waals surface area contributed by atoms with Crippen molar-refractivity contribution < 1.29 is 14.6 Å². The van der Waals surface area contributed by atoms with E-state index in [4.69, 9.17) is 16.3 Å². The SMILES string of the molecule is COc1ccc(Cl)cc1CC(C(=O)O)c1cc(C)ccc1C. The molecular weight excluding hydrogens is 300 g/mol. The molecule has 0 spiro atoms. The molecular formula is C18H19ClO3. The molecule has 2 aromatic rings. The molecule has 0 fully saturated rings. The topological polar surface area (TPSA) is 46.5 Å². The van der Waals surface area contributed by atoms with Crippen LogP contribution in [0, 0.1) is 13.8 Å². The van der Waals surface area contributed by atoms with Gasteiger partial charge >= 0.3 is 5.97 Å². The second kappa shape index (κ2) is 6.84. The Labute approximate surface area is 135 Å². The smallest absolute Gasteiger partial charge is 0.311 e. The number of carboxylic acids is 1. The van der Waals surface area contributed by atoms with Crippen molar-refractivity contribution in [3.63, 3.8) is 0 Å². The van der Waals surface area contributed by atoms with Gasteiger partial charge < -0.3 is 9.84 Å². The number of benzene rings is 2. The van der Waals surface area contributed by atoms with Crippen molar-refractivity contribution in [2.24, 2.45) is 0 Å². The fourth-order valence-electron chi connectivity index (χ4n) is 2.59. The summed E-state index contributed by atoms with van der Waals surface area (Å²) in [6.45, 7) is 3.89. The molecule has 116 valence electrons. The van der Waals surface area contributed by atoms with Crippen LogP contribution in [0.25, 0.3) is 0 Å². The van der Waals surface area contributed by atoms with Crippen LogP contribution < -0.4 is 4.74 Å². The number of hydrogen-bond donors (Lipinski definition) is 1. The molecule has 0 saturated carbocycles. The van der Waals surface area contributed by atoms with E-state index in [-0.39, 0.29) is 0 Å². The molecule has 0 saturated heterocycles. The fraction of sp³-hybridized carbons (Fsp3) is 0.278. The first-order valence-corrected chi connectivity index (χ1v) is 7.42. The van der Waals surface area contributed by atoms with Crippen LogP contribution in [0.15, 0.2) is 36.4 Å². The van der Waals surface area contributed by atoms with E-state index in [1.807, 2.05) is 32.0 Å². The minimum atomic E-state index is -0.851. The number of carbonyl (C=O) groups is 1. The zero-order chi connectivity index (χ0) is 16.3. The Balaban J connectivity index is 2.44. The van der Waals surface area contributed by atoms with Gasteiger partial charge in [-0.3, -0.25) is 4.79 Å². The maximum Gasteiger partial charge on any atom is 0.311 e. The second-order valence-electron chi connectivity index (χ2n) is 5.41. The van der Waals surface area contributed by atoms with E-state index in [1.54, 1.807) is 25.3 Å². The fourth-order valence-corrected chi connectivity index (χ4v) is 2.79. The van der Waals surface area contributed by atoms with E-state index in [1.165, 1.54) is 0 Å². The van der Waals surface area contributed by atoms with Crippen molar-refractivity contribution in [2.45, 2.75) is 26.2 Å². The summed E-state index contributed by atoms with van der Waals surface area (Å²) in [5.41, 5.74) is 3.64. The summed E-state index contributed by atoms with van der Waals surface area (Å²) in [4.78, 5) is 11.8. The van der Waals surface area contributed by atoms with Gasteiger partial charge in [-0.15, -0.1) is 0 Å². The van der Waals surface area contributed by atoms with Crippen molar-refractivity contribution >= 4 is 17.6 Å². The molecule has 2 rings (SSSR count). The number of halogens is 1. The number of methoxy groups -OCH3 is 1. The molecule has 1 atom stereocenters. The van der Waals surface area contributed by atoms with Crippen LogP contribution in [0.4, 0.5) is 0 Å². The molecule has 4 heteroatoms. The molecule has 0 heterocycles. The van der Waals surface area contributed by atoms with Gasteiger partial charge in [-0.2, -0.15) is 0 Å². The molecule has 2 aromatic carbocycles. The summed E-state index contributed by atoms with van der Waals surface area (Å²) in [6.07, 6.45) is 0.337. The standard InChI is InChI=1S/C18H19ClO3/c1-11-4-5-12(2)15(8-11)16(18(20)21)10-13-9-14(19)6-7-17(13)22-3/h4-9,16H,10H2,1-3H3,(H,20,21). The Kier molecular flexibility index (Phi) is 5.09. The first-order chi connectivity index (χ1) is 10.4. The Morgan fingerprint density at radius 3 is 2.59 bits per heavy atom. The summed E-state index contributed by atoms with van der Waals surface area (Å²) in [7, 11) is 1.57. The molecule has 0 aliphatic heterocycles. The van der Waals surface area contributed by atoms with Crippen LogP contribution in [0.5, 0.6) is 5.75 Å². The zero-order valence-corrected chi connectivity index (χ0v) is 13.6. The Hall–Kier alpha value is -2.00. The molecule has 3 nitrogen and oxygen atoms in total. The highest BCUT2D eigenvalue weighted by Gasteiger charge is 2.24. The quantitative estimate of drug-likeness (QED) is 0.890. The normalized spacial score (nSPS) is 12.0. The number of rotatable bonds is 5. The van der Waals surface area contributed by atoms with Crippen molar-refractivity contribution in [2.75, 3.05) is 7.11 Å². The Morgan fingerprint density at radius 2 is 1.95 bits per heavy atom. The third kappa shape index (κ3) is 3.60. The van der Waals surface area contributed by atoms with E-state index < -0.39 is 11.9 Å². The van der Waals surface area contributed by atoms with Gasteiger partial charge in [-0.25, -0.2) is 0 Å². The van der Waals surface area contributed by atoms with Crippen LogP contribution in [0.2, 0.25) is 5.02 Å². The van der Waals surface area contributed by atoms with Gasteiger partial charge in [0.2, 0.25) is 0 Å². The number of aliphatic carboxylic acids is 1. The van der Waals surface area contributed by atoms with E-state index in [0.717, 1.165) is 22.3 Å². The van der Waals surface area contributed by atoms with Crippen molar-refractivity contribution in [1.82, 2.24) is 0 Å². The lowest BCUT2D eigenvalue weighted by atomic mass is 9.88. The van der Waals surface area contributed by atoms with E-state index in [2.05, 4.69) is 0 Å². The summed E-state index contributed by atoms with van der Waals surface area (Å²) >= 11 is 6.04. The summed E-state index contributed by atoms with van der Waals surface area (Å²) < 4.78 is 5.32. The van der Waals surface area contributed by atoms with Gasteiger partial charge in [-0.1, -0.05) is 35.4 Å². The lowest BCUT2D eigenvalue weighted by molar-refractivity contribution is -0.138. The maximum atomic E-state index is 11.8. The van der Waals surface area contributed by atoms with Crippen LogP contribution in [-0.2, 0) is 11.2 Å². The highest BCUT2D eigenvalue weighted by Crippen LogP contribution is 2.31. The molecule has 0 bridgehead atoms. The van der Waals surface area contributed by atoms with Crippen molar-refractivity contribution in [3.05, 3.63) is 63.7 Å². The average molecular weight is 319 g/mol. The molecule has 0 aromatic heterocycles.